The highest BCUT2D eigenvalue weighted by Crippen LogP contribution is 2.23. The molecule has 12 heteroatoms. The van der Waals surface area contributed by atoms with Gasteiger partial charge >= 0.3 is 6.09 Å². The molecule has 0 saturated heterocycles. The molecule has 0 saturated carbocycles. The van der Waals surface area contributed by atoms with Crippen LogP contribution >= 0.6 is 0 Å². The number of amides is 4. The molecule has 4 rings (SSSR count). The third-order valence-corrected chi connectivity index (χ3v) is 7.53. The number of pyridine rings is 2. The molecule has 0 unspecified atom stereocenters. The lowest BCUT2D eigenvalue weighted by Gasteiger charge is -2.19. The smallest absolute Gasteiger partial charge is 0.407 e. The van der Waals surface area contributed by atoms with E-state index in [0.29, 0.717) is 54.3 Å². The van der Waals surface area contributed by atoms with Crippen LogP contribution in [0.2, 0.25) is 0 Å². The van der Waals surface area contributed by atoms with Crippen molar-refractivity contribution in [1.82, 2.24) is 20.2 Å². The lowest BCUT2D eigenvalue weighted by Crippen LogP contribution is -2.33. The van der Waals surface area contributed by atoms with Crippen LogP contribution in [0.5, 0.6) is 0 Å². The second-order valence-corrected chi connectivity index (χ2v) is 13.3. The molecule has 0 bridgehead atoms. The van der Waals surface area contributed by atoms with Crippen LogP contribution in [-0.4, -0.2) is 64.9 Å². The number of rotatable bonds is 15. The number of alkyl carbamates (subject to hydrolysis) is 1. The van der Waals surface area contributed by atoms with E-state index in [-0.39, 0.29) is 24.1 Å². The first-order valence-corrected chi connectivity index (χ1v) is 17.0. The van der Waals surface area contributed by atoms with Gasteiger partial charge in [-0.3, -0.25) is 19.4 Å². The standard InChI is InChI=1S/C39H47N7O5/c1-39(2,3)51-38(50)41-21-8-6-7-12-35(47)44-31-11-9-10-27(22-31)13-20-36(48)45-33-23-32(25-40-26-33)43-34-19-18-30(24-42-34)28-14-16-29(17-15-28)37(49)46(4)5/h9-11,14-19,22-26H,6-8,12-13,20-21H2,1-5H3,(H,41,50)(H,42,43)(H,44,47)(H,45,48). The maximum absolute atomic E-state index is 12.8. The number of unbranched alkanes of at least 4 members (excludes halogenated alkanes) is 2. The average Bonchev–Trinajstić information content (AvgIpc) is 3.08. The highest BCUT2D eigenvalue weighted by Gasteiger charge is 2.15. The maximum Gasteiger partial charge on any atom is 0.407 e. The minimum absolute atomic E-state index is 0.0495. The lowest BCUT2D eigenvalue weighted by atomic mass is 10.1. The summed E-state index contributed by atoms with van der Waals surface area (Å²) in [5, 5.41) is 11.8. The van der Waals surface area contributed by atoms with Crippen molar-refractivity contribution in [2.75, 3.05) is 36.6 Å². The Morgan fingerprint density at radius 1 is 0.745 bits per heavy atom. The minimum Gasteiger partial charge on any atom is -0.444 e. The normalized spacial score (nSPS) is 10.9. The summed E-state index contributed by atoms with van der Waals surface area (Å²) in [4.78, 5) is 59.4. The summed E-state index contributed by atoms with van der Waals surface area (Å²) in [5.74, 6) is 0.321. The predicted molar refractivity (Wildman–Crippen MR) is 200 cm³/mol. The summed E-state index contributed by atoms with van der Waals surface area (Å²) in [7, 11) is 3.45. The van der Waals surface area contributed by atoms with Crippen molar-refractivity contribution in [3.8, 4) is 11.1 Å². The molecule has 0 atom stereocenters. The van der Waals surface area contributed by atoms with E-state index in [9.17, 15) is 19.2 Å². The van der Waals surface area contributed by atoms with Crippen LogP contribution in [0, 0.1) is 0 Å². The van der Waals surface area contributed by atoms with Crippen LogP contribution < -0.4 is 21.3 Å². The highest BCUT2D eigenvalue weighted by atomic mass is 16.6. The van der Waals surface area contributed by atoms with E-state index in [2.05, 4.69) is 31.2 Å². The number of nitrogens with one attached hydrogen (secondary N) is 4. The summed E-state index contributed by atoms with van der Waals surface area (Å²) in [5.41, 5.74) is 4.78. The number of nitrogens with zero attached hydrogens (tertiary/aromatic N) is 3. The Labute approximate surface area is 299 Å². The van der Waals surface area contributed by atoms with Crippen molar-refractivity contribution in [3.05, 3.63) is 96.4 Å². The molecule has 4 N–H and O–H groups in total. The van der Waals surface area contributed by atoms with Crippen LogP contribution in [0.25, 0.3) is 11.1 Å². The number of carbonyl (C=O) groups excluding carboxylic acids is 4. The number of benzene rings is 2. The van der Waals surface area contributed by atoms with Crippen molar-refractivity contribution < 1.29 is 23.9 Å². The maximum atomic E-state index is 12.8. The zero-order valence-electron chi connectivity index (χ0n) is 29.9. The van der Waals surface area contributed by atoms with Gasteiger partial charge in [0.2, 0.25) is 11.8 Å². The number of ether oxygens (including phenoxy) is 1. The monoisotopic (exact) mass is 693 g/mol. The summed E-state index contributed by atoms with van der Waals surface area (Å²) < 4.78 is 5.21. The molecule has 0 spiro atoms. The molecule has 0 aliphatic carbocycles. The topological polar surface area (TPSA) is 155 Å². The lowest BCUT2D eigenvalue weighted by molar-refractivity contribution is -0.117. The summed E-state index contributed by atoms with van der Waals surface area (Å²) in [6.45, 7) is 5.95. The van der Waals surface area contributed by atoms with Gasteiger partial charge in [-0.05, 0) is 93.6 Å². The Bertz CT molecular complexity index is 1790. The molecule has 51 heavy (non-hydrogen) atoms. The number of aryl methyl sites for hydroxylation is 1. The Balaban J connectivity index is 1.18. The van der Waals surface area contributed by atoms with E-state index < -0.39 is 11.7 Å². The highest BCUT2D eigenvalue weighted by molar-refractivity contribution is 5.94. The quantitative estimate of drug-likeness (QED) is 0.0955. The van der Waals surface area contributed by atoms with Crippen LogP contribution in [0.3, 0.4) is 0 Å². The molecule has 4 amide bonds. The fourth-order valence-corrected chi connectivity index (χ4v) is 5.03. The molecule has 268 valence electrons. The zero-order valence-corrected chi connectivity index (χ0v) is 29.9. The van der Waals surface area contributed by atoms with Crippen molar-refractivity contribution in [2.45, 2.75) is 64.9 Å². The second-order valence-electron chi connectivity index (χ2n) is 13.3. The molecule has 12 nitrogen and oxygen atoms in total. The van der Waals surface area contributed by atoms with Crippen molar-refractivity contribution in [2.24, 2.45) is 0 Å². The third kappa shape index (κ3) is 13.2. The summed E-state index contributed by atoms with van der Waals surface area (Å²) in [6, 6.07) is 20.5. The molecule has 0 fully saturated rings. The van der Waals surface area contributed by atoms with E-state index in [1.54, 1.807) is 55.8 Å². The molecule has 0 aliphatic heterocycles. The molecule has 4 aromatic rings. The van der Waals surface area contributed by atoms with Gasteiger partial charge in [0.15, 0.2) is 0 Å². The van der Waals surface area contributed by atoms with E-state index in [0.717, 1.165) is 29.5 Å². The Kier molecular flexibility index (Phi) is 13.6. The van der Waals surface area contributed by atoms with E-state index in [4.69, 9.17) is 4.74 Å². The van der Waals surface area contributed by atoms with E-state index in [1.807, 2.05) is 69.3 Å². The zero-order chi connectivity index (χ0) is 36.8. The van der Waals surface area contributed by atoms with Crippen molar-refractivity contribution in [3.63, 3.8) is 0 Å². The van der Waals surface area contributed by atoms with Gasteiger partial charge < -0.3 is 30.9 Å². The van der Waals surface area contributed by atoms with Crippen LogP contribution in [0.1, 0.15) is 68.8 Å². The van der Waals surface area contributed by atoms with Gasteiger partial charge in [-0.2, -0.15) is 0 Å². The fraction of sp³-hybridized carbons (Fsp3) is 0.333. The van der Waals surface area contributed by atoms with Gasteiger partial charge in [0.25, 0.3) is 5.91 Å². The third-order valence-electron chi connectivity index (χ3n) is 7.53. The number of carbonyl (C=O) groups is 4. The van der Waals surface area contributed by atoms with Gasteiger partial charge in [0.1, 0.15) is 11.4 Å². The van der Waals surface area contributed by atoms with Crippen molar-refractivity contribution >= 4 is 46.7 Å². The Morgan fingerprint density at radius 2 is 1.45 bits per heavy atom. The van der Waals surface area contributed by atoms with Gasteiger partial charge in [-0.15, -0.1) is 0 Å². The Hall–Kier alpha value is -5.78. The molecule has 0 radical (unpaired) electrons. The molecular weight excluding hydrogens is 646 g/mol. The minimum atomic E-state index is -0.531. The molecular formula is C39H47N7O5. The first kappa shape index (κ1) is 38.0. The SMILES string of the molecule is CN(C)C(=O)c1ccc(-c2ccc(Nc3cncc(NC(=O)CCc4cccc(NC(=O)CCCCCNC(=O)OC(C)(C)C)c4)c3)nc2)cc1. The van der Waals surface area contributed by atoms with E-state index >= 15 is 0 Å². The molecule has 2 aromatic heterocycles. The van der Waals surface area contributed by atoms with Gasteiger partial charge in [0.05, 0.1) is 23.8 Å². The van der Waals surface area contributed by atoms with Crippen LogP contribution in [0.15, 0.2) is 85.3 Å². The second kappa shape index (κ2) is 18.3. The average molecular weight is 694 g/mol. The number of anilines is 4. The first-order valence-electron chi connectivity index (χ1n) is 17.0. The van der Waals surface area contributed by atoms with Crippen LogP contribution in [-0.2, 0) is 20.7 Å². The largest absolute Gasteiger partial charge is 0.444 e. The predicted octanol–water partition coefficient (Wildman–Crippen LogP) is 7.18. The number of hydrogen-bond acceptors (Lipinski definition) is 8. The fourth-order valence-electron chi connectivity index (χ4n) is 5.03. The van der Waals surface area contributed by atoms with Crippen LogP contribution in [0.4, 0.5) is 27.7 Å². The Morgan fingerprint density at radius 3 is 2.16 bits per heavy atom. The van der Waals surface area contributed by atoms with Gasteiger partial charge in [-0.1, -0.05) is 30.7 Å². The van der Waals surface area contributed by atoms with Crippen molar-refractivity contribution in [1.29, 1.82) is 0 Å². The molecule has 2 aromatic carbocycles. The summed E-state index contributed by atoms with van der Waals surface area (Å²) in [6.07, 6.45) is 7.92. The first-order chi connectivity index (χ1) is 24.3. The molecule has 2 heterocycles. The summed E-state index contributed by atoms with van der Waals surface area (Å²) >= 11 is 0. The number of aromatic nitrogens is 2. The van der Waals surface area contributed by atoms with Gasteiger partial charge in [-0.25, -0.2) is 9.78 Å². The van der Waals surface area contributed by atoms with E-state index in [1.165, 1.54) is 0 Å². The van der Waals surface area contributed by atoms with Gasteiger partial charge in [0, 0.05) is 56.5 Å². The molecule has 0 aliphatic rings. The number of hydrogen-bond donors (Lipinski definition) is 4.